The number of aliphatic carboxylic acids is 1. The molecule has 0 bridgehead atoms. The number of carboxylic acids is 1. The average molecular weight is 309 g/mol. The number of hydrogen-bond donors (Lipinski definition) is 2. The van der Waals surface area contributed by atoms with Crippen molar-refractivity contribution in [1.82, 2.24) is 5.32 Å². The van der Waals surface area contributed by atoms with Gasteiger partial charge in [0.1, 0.15) is 0 Å². The van der Waals surface area contributed by atoms with Gasteiger partial charge in [-0.3, -0.25) is 9.59 Å². The smallest absolute Gasteiger partial charge is 0.305 e. The van der Waals surface area contributed by atoms with E-state index in [4.69, 9.17) is 5.11 Å². The lowest BCUT2D eigenvalue weighted by molar-refractivity contribution is -0.137. The van der Waals surface area contributed by atoms with E-state index >= 15 is 0 Å². The van der Waals surface area contributed by atoms with Crippen molar-refractivity contribution in [3.8, 4) is 0 Å². The van der Waals surface area contributed by atoms with Gasteiger partial charge in [0.15, 0.2) is 0 Å². The van der Waals surface area contributed by atoms with Crippen molar-refractivity contribution in [2.75, 3.05) is 11.5 Å². The molecule has 1 aromatic carbocycles. The summed E-state index contributed by atoms with van der Waals surface area (Å²) < 4.78 is 0. The summed E-state index contributed by atoms with van der Waals surface area (Å²) in [5.74, 6) is 0.845. The highest BCUT2D eigenvalue weighted by atomic mass is 32.2. The summed E-state index contributed by atoms with van der Waals surface area (Å²) in [7, 11) is 0. The summed E-state index contributed by atoms with van der Waals surface area (Å²) in [5.41, 5.74) is 0.826. The Morgan fingerprint density at radius 1 is 1.24 bits per heavy atom. The lowest BCUT2D eigenvalue weighted by atomic mass is 10.0. The first-order valence-electron chi connectivity index (χ1n) is 7.27. The number of amides is 1. The molecule has 1 atom stereocenters. The predicted octanol–water partition coefficient (Wildman–Crippen LogP) is 3.24. The molecular formula is C16H23NO3S. The van der Waals surface area contributed by atoms with Gasteiger partial charge in [0.25, 0.3) is 0 Å². The zero-order valence-electron chi connectivity index (χ0n) is 12.4. The topological polar surface area (TPSA) is 66.4 Å². The van der Waals surface area contributed by atoms with Crippen molar-refractivity contribution in [1.29, 1.82) is 0 Å². The summed E-state index contributed by atoms with van der Waals surface area (Å²) >= 11 is 1.77. The first-order valence-corrected chi connectivity index (χ1v) is 8.42. The van der Waals surface area contributed by atoms with Gasteiger partial charge >= 0.3 is 5.97 Å². The van der Waals surface area contributed by atoms with Crippen LogP contribution in [0.5, 0.6) is 0 Å². The third-order valence-electron chi connectivity index (χ3n) is 3.03. The molecule has 0 heterocycles. The summed E-state index contributed by atoms with van der Waals surface area (Å²) in [6.45, 7) is 2.14. The van der Waals surface area contributed by atoms with Crippen molar-refractivity contribution >= 4 is 23.6 Å². The Hall–Kier alpha value is -1.49. The molecule has 0 aromatic heterocycles. The van der Waals surface area contributed by atoms with Crippen LogP contribution in [0.25, 0.3) is 0 Å². The third-order valence-corrected chi connectivity index (χ3v) is 4.10. The van der Waals surface area contributed by atoms with Gasteiger partial charge < -0.3 is 10.4 Å². The third kappa shape index (κ3) is 7.75. The van der Waals surface area contributed by atoms with Crippen LogP contribution in [-0.2, 0) is 9.59 Å². The summed E-state index contributed by atoms with van der Waals surface area (Å²) in [5, 5.41) is 11.8. The van der Waals surface area contributed by atoms with E-state index in [9.17, 15) is 9.59 Å². The molecule has 0 spiro atoms. The lowest BCUT2D eigenvalue weighted by Gasteiger charge is -2.17. The minimum absolute atomic E-state index is 0.0888. The van der Waals surface area contributed by atoms with Crippen LogP contribution >= 0.6 is 11.8 Å². The molecule has 21 heavy (non-hydrogen) atoms. The molecule has 1 unspecified atom stereocenters. The fourth-order valence-corrected chi connectivity index (χ4v) is 2.92. The fourth-order valence-electron chi connectivity index (χ4n) is 1.89. The van der Waals surface area contributed by atoms with Gasteiger partial charge in [0, 0.05) is 12.2 Å². The molecule has 2 N–H and O–H groups in total. The summed E-state index contributed by atoms with van der Waals surface area (Å²) in [6, 6.07) is 8.77. The van der Waals surface area contributed by atoms with Gasteiger partial charge in [-0.25, -0.2) is 0 Å². The second-order valence-electron chi connectivity index (χ2n) is 4.84. The van der Waals surface area contributed by atoms with Crippen molar-refractivity contribution in [2.45, 2.75) is 38.6 Å². The van der Waals surface area contributed by atoms with Crippen LogP contribution in [0.15, 0.2) is 30.3 Å². The number of carbonyl (C=O) groups excluding carboxylic acids is 1. The largest absolute Gasteiger partial charge is 0.481 e. The monoisotopic (exact) mass is 309 g/mol. The van der Waals surface area contributed by atoms with Gasteiger partial charge in [0.05, 0.1) is 12.5 Å². The van der Waals surface area contributed by atoms with Crippen LogP contribution in [0, 0.1) is 0 Å². The highest BCUT2D eigenvalue weighted by Crippen LogP contribution is 2.17. The maximum Gasteiger partial charge on any atom is 0.305 e. The molecule has 0 aliphatic rings. The van der Waals surface area contributed by atoms with Crippen LogP contribution in [0.2, 0.25) is 0 Å². The first-order chi connectivity index (χ1) is 10.1. The molecule has 0 saturated heterocycles. The Bertz CT molecular complexity index is 436. The van der Waals surface area contributed by atoms with Gasteiger partial charge in [-0.2, -0.15) is 11.8 Å². The van der Waals surface area contributed by atoms with E-state index in [1.165, 1.54) is 0 Å². The normalized spacial score (nSPS) is 11.9. The summed E-state index contributed by atoms with van der Waals surface area (Å²) in [6.07, 6.45) is 2.65. The van der Waals surface area contributed by atoms with E-state index < -0.39 is 12.0 Å². The molecule has 0 aliphatic carbocycles. The van der Waals surface area contributed by atoms with Crippen LogP contribution in [0.3, 0.4) is 0 Å². The number of nitrogens with one attached hydrogen (secondary N) is 1. The van der Waals surface area contributed by atoms with Crippen molar-refractivity contribution in [3.05, 3.63) is 35.9 Å². The molecule has 1 amide bonds. The molecule has 1 rings (SSSR count). The molecule has 0 aliphatic heterocycles. The standard InChI is InChI=1S/C16H23NO3S/c1-2-3-10-21-11-9-15(18)17-14(12-16(19)20)13-7-5-4-6-8-13/h4-8,14H,2-3,9-12H2,1H3,(H,17,18)(H,19,20). The van der Waals surface area contributed by atoms with E-state index in [0.717, 1.165) is 29.9 Å². The predicted molar refractivity (Wildman–Crippen MR) is 86.4 cm³/mol. The van der Waals surface area contributed by atoms with Gasteiger partial charge in [-0.05, 0) is 17.7 Å². The molecule has 5 heteroatoms. The zero-order valence-corrected chi connectivity index (χ0v) is 13.2. The molecule has 0 saturated carbocycles. The van der Waals surface area contributed by atoms with E-state index in [0.29, 0.717) is 6.42 Å². The number of unbranched alkanes of at least 4 members (excludes halogenated alkanes) is 1. The Kier molecular flexibility index (Phi) is 8.59. The zero-order chi connectivity index (χ0) is 15.5. The van der Waals surface area contributed by atoms with Crippen molar-refractivity contribution < 1.29 is 14.7 Å². The van der Waals surface area contributed by atoms with Crippen LogP contribution < -0.4 is 5.32 Å². The SMILES string of the molecule is CCCCSCCC(=O)NC(CC(=O)O)c1ccccc1. The first kappa shape index (κ1) is 17.6. The second kappa shape index (κ2) is 10.3. The fraction of sp³-hybridized carbons (Fsp3) is 0.500. The Balaban J connectivity index is 2.45. The number of benzene rings is 1. The van der Waals surface area contributed by atoms with Crippen LogP contribution in [0.4, 0.5) is 0 Å². The summed E-state index contributed by atoms with van der Waals surface area (Å²) in [4.78, 5) is 22.9. The number of thioether (sulfide) groups is 1. The number of hydrogen-bond acceptors (Lipinski definition) is 3. The minimum Gasteiger partial charge on any atom is -0.481 e. The Morgan fingerprint density at radius 2 is 1.95 bits per heavy atom. The maximum atomic E-state index is 11.9. The van der Waals surface area contributed by atoms with Crippen molar-refractivity contribution in [3.63, 3.8) is 0 Å². The number of rotatable bonds is 10. The van der Waals surface area contributed by atoms with Crippen LogP contribution in [-0.4, -0.2) is 28.5 Å². The molecule has 0 fully saturated rings. The van der Waals surface area contributed by atoms with Crippen molar-refractivity contribution in [2.24, 2.45) is 0 Å². The van der Waals surface area contributed by atoms with Crippen LogP contribution in [0.1, 0.15) is 44.2 Å². The Morgan fingerprint density at radius 3 is 2.57 bits per heavy atom. The molecule has 4 nitrogen and oxygen atoms in total. The van der Waals surface area contributed by atoms with Gasteiger partial charge in [0.2, 0.25) is 5.91 Å². The maximum absolute atomic E-state index is 11.9. The van der Waals surface area contributed by atoms with Gasteiger partial charge in [-0.1, -0.05) is 43.7 Å². The van der Waals surface area contributed by atoms with E-state index in [1.54, 1.807) is 11.8 Å². The molecule has 1 aromatic rings. The lowest BCUT2D eigenvalue weighted by Crippen LogP contribution is -2.30. The quantitative estimate of drug-likeness (QED) is 0.651. The van der Waals surface area contributed by atoms with E-state index in [1.807, 2.05) is 30.3 Å². The number of carboxylic acid groups (broad SMARTS) is 1. The van der Waals surface area contributed by atoms with E-state index in [-0.39, 0.29) is 12.3 Å². The highest BCUT2D eigenvalue weighted by Gasteiger charge is 2.17. The Labute approximate surface area is 130 Å². The van der Waals surface area contributed by atoms with Gasteiger partial charge in [-0.15, -0.1) is 0 Å². The molecule has 116 valence electrons. The minimum atomic E-state index is -0.915. The second-order valence-corrected chi connectivity index (χ2v) is 6.07. The average Bonchev–Trinajstić information content (AvgIpc) is 2.47. The highest BCUT2D eigenvalue weighted by molar-refractivity contribution is 7.99. The molecular weight excluding hydrogens is 286 g/mol. The van der Waals surface area contributed by atoms with E-state index in [2.05, 4.69) is 12.2 Å². The molecule has 0 radical (unpaired) electrons. The number of carbonyl (C=O) groups is 2.